The van der Waals surface area contributed by atoms with Crippen LogP contribution in [0.5, 0.6) is 11.5 Å². The van der Waals surface area contributed by atoms with Crippen molar-refractivity contribution in [2.75, 3.05) is 37.7 Å². The molecule has 6 aliphatic rings. The lowest BCUT2D eigenvalue weighted by Crippen LogP contribution is -2.47. The molecule has 4 heteroatoms. The zero-order chi connectivity index (χ0) is 19.2. The van der Waals surface area contributed by atoms with E-state index in [2.05, 4.69) is 22.3 Å². The van der Waals surface area contributed by atoms with Crippen molar-refractivity contribution in [1.82, 2.24) is 5.32 Å². The van der Waals surface area contributed by atoms with E-state index in [1.165, 1.54) is 31.5 Å². The van der Waals surface area contributed by atoms with Crippen molar-refractivity contribution < 1.29 is 9.47 Å². The summed E-state index contributed by atoms with van der Waals surface area (Å²) in [5, 5.41) is 3.93. The van der Waals surface area contributed by atoms with Gasteiger partial charge in [-0.1, -0.05) is 6.07 Å². The number of nitrogens with zero attached hydrogens (tertiary/aromatic N) is 1. The van der Waals surface area contributed by atoms with Gasteiger partial charge in [0.1, 0.15) is 13.2 Å². The summed E-state index contributed by atoms with van der Waals surface area (Å²) in [4.78, 5) is 2.49. The second-order valence-electron chi connectivity index (χ2n) is 10.4. The van der Waals surface area contributed by atoms with E-state index < -0.39 is 0 Å². The molecule has 4 bridgehead atoms. The molecule has 5 fully saturated rings. The number of para-hydroxylation sites is 1. The van der Waals surface area contributed by atoms with Crippen LogP contribution in [-0.2, 0) is 0 Å². The first-order chi connectivity index (χ1) is 14.3. The molecular weight excluding hydrogens is 360 g/mol. The molecule has 158 valence electrons. The smallest absolute Gasteiger partial charge is 0.184 e. The molecule has 1 aromatic carbocycles. The summed E-state index contributed by atoms with van der Waals surface area (Å²) in [6.45, 7) is 4.76. The molecule has 0 amide bonds. The van der Waals surface area contributed by atoms with E-state index in [1.807, 2.05) is 6.07 Å². The van der Waals surface area contributed by atoms with Gasteiger partial charge in [0.25, 0.3) is 0 Å². The zero-order valence-electron chi connectivity index (χ0n) is 17.7. The van der Waals surface area contributed by atoms with Gasteiger partial charge in [-0.15, -0.1) is 0 Å². The molecule has 0 spiro atoms. The second-order valence-corrected chi connectivity index (χ2v) is 10.4. The van der Waals surface area contributed by atoms with Gasteiger partial charge < -0.3 is 19.7 Å². The first-order valence-corrected chi connectivity index (χ1v) is 12.2. The molecule has 29 heavy (non-hydrogen) atoms. The average molecular weight is 397 g/mol. The lowest BCUT2D eigenvalue weighted by atomic mass is 9.51. The molecule has 4 aliphatic carbocycles. The maximum absolute atomic E-state index is 5.93. The first-order valence-electron chi connectivity index (χ1n) is 12.2. The van der Waals surface area contributed by atoms with E-state index in [0.717, 1.165) is 54.2 Å². The van der Waals surface area contributed by atoms with Crippen LogP contribution in [0.3, 0.4) is 0 Å². The number of hydrogen-bond acceptors (Lipinski definition) is 4. The summed E-state index contributed by atoms with van der Waals surface area (Å²) >= 11 is 0. The largest absolute Gasteiger partial charge is 0.486 e. The minimum atomic E-state index is 0.659. The molecular formula is C25H36N2O2. The topological polar surface area (TPSA) is 33.7 Å². The molecule has 1 N–H and O–H groups in total. The highest BCUT2D eigenvalue weighted by Crippen LogP contribution is 2.57. The Bertz CT molecular complexity index is 700. The number of ether oxygens (including phenoxy) is 2. The summed E-state index contributed by atoms with van der Waals surface area (Å²) in [6.07, 6.45) is 11.7. The summed E-state index contributed by atoms with van der Waals surface area (Å²) < 4.78 is 11.7. The summed E-state index contributed by atoms with van der Waals surface area (Å²) in [5.74, 6) is 7.23. The fraction of sp³-hybridized carbons (Fsp3) is 0.760. The highest BCUT2D eigenvalue weighted by molar-refractivity contribution is 5.65. The molecule has 1 saturated heterocycles. The van der Waals surface area contributed by atoms with Crippen LogP contribution in [0, 0.1) is 29.6 Å². The molecule has 1 aromatic rings. The van der Waals surface area contributed by atoms with Crippen molar-refractivity contribution in [2.24, 2.45) is 29.6 Å². The van der Waals surface area contributed by atoms with Crippen molar-refractivity contribution in [3.63, 3.8) is 0 Å². The van der Waals surface area contributed by atoms with Crippen molar-refractivity contribution >= 4 is 5.69 Å². The normalized spacial score (nSPS) is 35.9. The van der Waals surface area contributed by atoms with E-state index in [0.29, 0.717) is 19.3 Å². The van der Waals surface area contributed by atoms with Crippen LogP contribution in [0.25, 0.3) is 0 Å². The van der Waals surface area contributed by atoms with Crippen molar-refractivity contribution in [3.05, 3.63) is 18.2 Å². The molecule has 7 rings (SSSR count). The number of benzene rings is 1. The maximum Gasteiger partial charge on any atom is 0.184 e. The third-order valence-electron chi connectivity index (χ3n) is 8.71. The lowest BCUT2D eigenvalue weighted by Gasteiger charge is -2.54. The van der Waals surface area contributed by atoms with E-state index in [9.17, 15) is 0 Å². The van der Waals surface area contributed by atoms with Gasteiger partial charge in [-0.3, -0.25) is 0 Å². The van der Waals surface area contributed by atoms with Gasteiger partial charge in [-0.2, -0.15) is 0 Å². The van der Waals surface area contributed by atoms with Crippen LogP contribution >= 0.6 is 0 Å². The highest BCUT2D eigenvalue weighted by atomic mass is 16.6. The molecule has 0 radical (unpaired) electrons. The lowest BCUT2D eigenvalue weighted by molar-refractivity contribution is -0.0395. The SMILES string of the molecule is c1cc2c(c(N3CCC(NCCC4C5CC6CC(C5)CC4C6)CC3)c1)OCCO2. The predicted molar refractivity (Wildman–Crippen MR) is 116 cm³/mol. The quantitative estimate of drug-likeness (QED) is 0.796. The first kappa shape index (κ1) is 18.4. The molecule has 4 saturated carbocycles. The van der Waals surface area contributed by atoms with Gasteiger partial charge in [-0.25, -0.2) is 0 Å². The Kier molecular flexibility index (Phi) is 4.86. The summed E-state index contributed by atoms with van der Waals surface area (Å²) in [5.41, 5.74) is 1.22. The number of hydrogen-bond donors (Lipinski definition) is 1. The molecule has 4 nitrogen and oxygen atoms in total. The summed E-state index contributed by atoms with van der Waals surface area (Å²) in [7, 11) is 0. The maximum atomic E-state index is 5.93. The molecule has 0 unspecified atom stereocenters. The Morgan fingerprint density at radius 3 is 2.38 bits per heavy atom. The van der Waals surface area contributed by atoms with Crippen LogP contribution in [0.15, 0.2) is 18.2 Å². The van der Waals surface area contributed by atoms with E-state index in [1.54, 1.807) is 32.1 Å². The monoisotopic (exact) mass is 396 g/mol. The van der Waals surface area contributed by atoms with Crippen molar-refractivity contribution in [1.29, 1.82) is 0 Å². The second kappa shape index (κ2) is 7.68. The van der Waals surface area contributed by atoms with Crippen molar-refractivity contribution in [3.8, 4) is 11.5 Å². The van der Waals surface area contributed by atoms with Gasteiger partial charge in [0.15, 0.2) is 11.5 Å². The van der Waals surface area contributed by atoms with Crippen LogP contribution in [-0.4, -0.2) is 38.9 Å². The molecule has 2 aliphatic heterocycles. The van der Waals surface area contributed by atoms with E-state index >= 15 is 0 Å². The molecule has 2 heterocycles. The number of nitrogens with one attached hydrogen (secondary N) is 1. The number of fused-ring (bicyclic) bond motifs is 1. The van der Waals surface area contributed by atoms with E-state index in [4.69, 9.17) is 9.47 Å². The number of anilines is 1. The minimum Gasteiger partial charge on any atom is -0.486 e. The number of piperidine rings is 1. The zero-order valence-corrected chi connectivity index (χ0v) is 17.7. The highest BCUT2D eigenvalue weighted by Gasteiger charge is 2.47. The van der Waals surface area contributed by atoms with Crippen LogP contribution in [0.1, 0.15) is 51.4 Å². The Morgan fingerprint density at radius 1 is 0.897 bits per heavy atom. The predicted octanol–water partition coefficient (Wildman–Crippen LogP) is 4.48. The average Bonchev–Trinajstić information content (AvgIpc) is 2.75. The Balaban J connectivity index is 0.995. The van der Waals surface area contributed by atoms with Gasteiger partial charge in [0, 0.05) is 19.1 Å². The Labute approximate surface area is 175 Å². The van der Waals surface area contributed by atoms with Crippen LogP contribution in [0.4, 0.5) is 5.69 Å². The third-order valence-corrected chi connectivity index (χ3v) is 8.71. The fourth-order valence-corrected chi connectivity index (χ4v) is 7.60. The van der Waals surface area contributed by atoms with Gasteiger partial charge in [0.2, 0.25) is 0 Å². The van der Waals surface area contributed by atoms with Gasteiger partial charge in [0.05, 0.1) is 5.69 Å². The van der Waals surface area contributed by atoms with Crippen LogP contribution < -0.4 is 19.7 Å². The Morgan fingerprint density at radius 2 is 1.62 bits per heavy atom. The van der Waals surface area contributed by atoms with Crippen molar-refractivity contribution in [2.45, 2.75) is 57.4 Å². The van der Waals surface area contributed by atoms with Gasteiger partial charge >= 0.3 is 0 Å². The standard InChI is InChI=1S/C25H36N2O2/c1-2-23(25-24(3-1)28-10-11-29-25)27-8-5-21(6-9-27)26-7-4-22-19-13-17-12-18(15-19)16-20(22)14-17/h1-3,17-22,26H,4-16H2. The third kappa shape index (κ3) is 3.52. The van der Waals surface area contributed by atoms with Gasteiger partial charge in [-0.05, 0) is 99.6 Å². The molecule has 0 aromatic heterocycles. The van der Waals surface area contributed by atoms with Crippen LogP contribution in [0.2, 0.25) is 0 Å². The molecule has 0 atom stereocenters. The van der Waals surface area contributed by atoms with E-state index in [-0.39, 0.29) is 0 Å². The minimum absolute atomic E-state index is 0.659. The number of rotatable bonds is 5. The fourth-order valence-electron chi connectivity index (χ4n) is 7.60. The Hall–Kier alpha value is -1.42. The summed E-state index contributed by atoms with van der Waals surface area (Å²) in [6, 6.07) is 6.99.